The van der Waals surface area contributed by atoms with Gasteiger partial charge < -0.3 is 15.2 Å². The second-order valence-corrected chi connectivity index (χ2v) is 6.61. The lowest BCUT2D eigenvalue weighted by Gasteiger charge is -2.18. The van der Waals surface area contributed by atoms with Gasteiger partial charge in [-0.25, -0.2) is 9.07 Å². The molecule has 4 rings (SSSR count). The molecule has 0 spiro atoms. The van der Waals surface area contributed by atoms with Crippen LogP contribution in [0.15, 0.2) is 79.3 Å². The Bertz CT molecular complexity index is 1210. The fourth-order valence-electron chi connectivity index (χ4n) is 3.16. The zero-order chi connectivity index (χ0) is 21.3. The lowest BCUT2D eigenvalue weighted by molar-refractivity contribution is 0.0989. The molecule has 2 heterocycles. The van der Waals surface area contributed by atoms with Gasteiger partial charge in [0.2, 0.25) is 5.91 Å². The first kappa shape index (κ1) is 19.1. The molecule has 2 aromatic carbocycles. The minimum atomic E-state index is -0.545. The quantitative estimate of drug-likeness (QED) is 0.555. The van der Waals surface area contributed by atoms with Gasteiger partial charge in [-0.15, -0.1) is 0 Å². The van der Waals surface area contributed by atoms with Crippen molar-refractivity contribution in [2.45, 2.75) is 0 Å². The number of benzene rings is 2. The monoisotopic (exact) mass is 403 g/mol. The molecule has 0 fully saturated rings. The molecule has 0 saturated carbocycles. The molecule has 4 aromatic rings. The number of anilines is 1. The van der Waals surface area contributed by atoms with Gasteiger partial charge in [0, 0.05) is 30.7 Å². The predicted molar refractivity (Wildman–Crippen MR) is 111 cm³/mol. The number of nitrogens with zero attached hydrogens (tertiary/aromatic N) is 4. The van der Waals surface area contributed by atoms with Crippen molar-refractivity contribution < 1.29 is 14.0 Å². The highest BCUT2D eigenvalue weighted by Gasteiger charge is 2.24. The van der Waals surface area contributed by atoms with E-state index in [1.807, 2.05) is 0 Å². The summed E-state index contributed by atoms with van der Waals surface area (Å²) in [6.45, 7) is 0. The molecular formula is C22H18FN5O2. The molecule has 2 N–H and O–H groups in total. The van der Waals surface area contributed by atoms with E-state index in [0.29, 0.717) is 17.1 Å². The first-order valence-corrected chi connectivity index (χ1v) is 9.11. The molecule has 0 saturated heterocycles. The first-order valence-electron chi connectivity index (χ1n) is 9.11. The van der Waals surface area contributed by atoms with Crippen LogP contribution in [0.3, 0.4) is 0 Å². The van der Waals surface area contributed by atoms with Gasteiger partial charge in [0.15, 0.2) is 5.82 Å². The number of carbonyl (C=O) groups excluding carboxylic acids is 2. The molecule has 0 atom stereocenters. The molecule has 30 heavy (non-hydrogen) atoms. The molecule has 0 unspecified atom stereocenters. The Balaban J connectivity index is 1.78. The number of rotatable bonds is 5. The van der Waals surface area contributed by atoms with E-state index in [0.717, 1.165) is 0 Å². The van der Waals surface area contributed by atoms with Gasteiger partial charge in [0.1, 0.15) is 17.1 Å². The Morgan fingerprint density at radius 1 is 1.00 bits per heavy atom. The van der Waals surface area contributed by atoms with Crippen LogP contribution in [0.2, 0.25) is 0 Å². The number of nitrogens with two attached hydrogens (primary N) is 1. The van der Waals surface area contributed by atoms with E-state index in [1.54, 1.807) is 78.6 Å². The molecular weight excluding hydrogens is 385 g/mol. The largest absolute Gasteiger partial charge is 0.366 e. The molecule has 7 nitrogen and oxygen atoms in total. The van der Waals surface area contributed by atoms with Crippen molar-refractivity contribution >= 4 is 17.5 Å². The van der Waals surface area contributed by atoms with E-state index < -0.39 is 11.7 Å². The van der Waals surface area contributed by atoms with Gasteiger partial charge in [-0.2, -0.15) is 5.10 Å². The van der Waals surface area contributed by atoms with Crippen LogP contribution in [0.4, 0.5) is 10.1 Å². The molecule has 0 aliphatic heterocycles. The highest BCUT2D eigenvalue weighted by molar-refractivity contribution is 6.08. The van der Waals surface area contributed by atoms with Crippen molar-refractivity contribution in [3.63, 3.8) is 0 Å². The van der Waals surface area contributed by atoms with Crippen molar-refractivity contribution in [1.82, 2.24) is 14.3 Å². The van der Waals surface area contributed by atoms with E-state index in [2.05, 4.69) is 5.10 Å². The fourth-order valence-corrected chi connectivity index (χ4v) is 3.16. The molecule has 0 aliphatic carbocycles. The smallest absolute Gasteiger partial charge is 0.263 e. The third kappa shape index (κ3) is 3.35. The zero-order valence-corrected chi connectivity index (χ0v) is 16.1. The van der Waals surface area contributed by atoms with Gasteiger partial charge in [-0.3, -0.25) is 9.59 Å². The summed E-state index contributed by atoms with van der Waals surface area (Å²) in [5.41, 5.74) is 6.71. The molecule has 0 radical (unpaired) electrons. The summed E-state index contributed by atoms with van der Waals surface area (Å²) in [7, 11) is 1.61. The Kier molecular flexibility index (Phi) is 4.89. The van der Waals surface area contributed by atoms with Crippen LogP contribution < -0.4 is 10.6 Å². The van der Waals surface area contributed by atoms with Crippen molar-refractivity contribution in [3.8, 4) is 11.5 Å². The topological polar surface area (TPSA) is 86.2 Å². The highest BCUT2D eigenvalue weighted by atomic mass is 19.1. The number of primary amides is 1. The van der Waals surface area contributed by atoms with Crippen LogP contribution in [-0.4, -0.2) is 33.2 Å². The van der Waals surface area contributed by atoms with Crippen molar-refractivity contribution in [2.75, 3.05) is 11.9 Å². The Labute approximate surface area is 171 Å². The summed E-state index contributed by atoms with van der Waals surface area (Å²) in [6.07, 6.45) is 4.93. The summed E-state index contributed by atoms with van der Waals surface area (Å²) in [5, 5.41) is 4.28. The normalized spacial score (nSPS) is 10.7. The van der Waals surface area contributed by atoms with Crippen LogP contribution in [0.25, 0.3) is 11.5 Å². The van der Waals surface area contributed by atoms with Gasteiger partial charge in [-0.05, 0) is 48.5 Å². The van der Waals surface area contributed by atoms with Gasteiger partial charge >= 0.3 is 0 Å². The Morgan fingerprint density at radius 3 is 2.30 bits per heavy atom. The van der Waals surface area contributed by atoms with E-state index >= 15 is 0 Å². The SMILES string of the molecule is CN(C(=O)c1cnn(-c2ccccc2F)c1-n1cccc1)c1ccc(C(N)=O)cc1. The van der Waals surface area contributed by atoms with Crippen molar-refractivity contribution in [2.24, 2.45) is 5.73 Å². The maximum Gasteiger partial charge on any atom is 0.263 e. The highest BCUT2D eigenvalue weighted by Crippen LogP contribution is 2.24. The predicted octanol–water partition coefficient (Wildman–Crippen LogP) is 3.18. The number of halogens is 1. The van der Waals surface area contributed by atoms with Crippen molar-refractivity contribution in [3.05, 3.63) is 96.2 Å². The second-order valence-electron chi connectivity index (χ2n) is 6.61. The number of hydrogen-bond acceptors (Lipinski definition) is 3. The number of aromatic nitrogens is 3. The molecule has 2 aromatic heterocycles. The first-order chi connectivity index (χ1) is 14.5. The standard InChI is InChI=1S/C22H18FN5O2/c1-26(16-10-8-15(9-11-16)20(24)29)22(30)17-14-25-28(19-7-3-2-6-18(19)23)21(17)27-12-4-5-13-27/h2-14H,1H3,(H2,24,29). The van der Waals surface area contributed by atoms with Crippen LogP contribution in [-0.2, 0) is 0 Å². The summed E-state index contributed by atoms with van der Waals surface area (Å²) in [5.74, 6) is -0.927. The average molecular weight is 403 g/mol. The maximum absolute atomic E-state index is 14.4. The molecule has 150 valence electrons. The summed E-state index contributed by atoms with van der Waals surface area (Å²) < 4.78 is 17.5. The van der Waals surface area contributed by atoms with Gasteiger partial charge in [0.05, 0.1) is 6.20 Å². The zero-order valence-electron chi connectivity index (χ0n) is 16.1. The minimum Gasteiger partial charge on any atom is -0.366 e. The summed E-state index contributed by atoms with van der Waals surface area (Å²) in [4.78, 5) is 26.0. The van der Waals surface area contributed by atoms with Crippen LogP contribution in [0.1, 0.15) is 20.7 Å². The number of carbonyl (C=O) groups is 2. The minimum absolute atomic E-state index is 0.230. The summed E-state index contributed by atoms with van der Waals surface area (Å²) >= 11 is 0. The number of hydrogen-bond donors (Lipinski definition) is 1. The number of amides is 2. The van der Waals surface area contributed by atoms with E-state index in [4.69, 9.17) is 5.73 Å². The molecule has 8 heteroatoms. The summed E-state index contributed by atoms with van der Waals surface area (Å²) in [6, 6.07) is 16.2. The van der Waals surface area contributed by atoms with Crippen LogP contribution in [0.5, 0.6) is 0 Å². The molecule has 0 aliphatic rings. The molecule has 2 amide bonds. The molecule has 0 bridgehead atoms. The average Bonchev–Trinajstić information content (AvgIpc) is 3.42. The third-order valence-electron chi connectivity index (χ3n) is 4.75. The lowest BCUT2D eigenvalue weighted by Crippen LogP contribution is -2.27. The lowest BCUT2D eigenvalue weighted by atomic mass is 10.1. The third-order valence-corrected chi connectivity index (χ3v) is 4.75. The fraction of sp³-hybridized carbons (Fsp3) is 0.0455. The Hall–Kier alpha value is -4.20. The van der Waals surface area contributed by atoms with Crippen molar-refractivity contribution in [1.29, 1.82) is 0 Å². The van der Waals surface area contributed by atoms with E-state index in [1.165, 1.54) is 21.8 Å². The Morgan fingerprint density at radius 2 is 1.67 bits per heavy atom. The van der Waals surface area contributed by atoms with Crippen LogP contribution in [0, 0.1) is 5.82 Å². The van der Waals surface area contributed by atoms with Gasteiger partial charge in [-0.1, -0.05) is 12.1 Å². The van der Waals surface area contributed by atoms with Gasteiger partial charge in [0.25, 0.3) is 5.91 Å². The second kappa shape index (κ2) is 7.67. The van der Waals surface area contributed by atoms with E-state index in [9.17, 15) is 14.0 Å². The maximum atomic E-state index is 14.4. The number of para-hydroxylation sites is 1. The van der Waals surface area contributed by atoms with E-state index in [-0.39, 0.29) is 17.2 Å². The van der Waals surface area contributed by atoms with Crippen LogP contribution >= 0.6 is 0 Å².